The number of benzene rings is 1. The molecule has 7 heteroatoms. The van der Waals surface area contributed by atoms with E-state index in [9.17, 15) is 4.79 Å². The van der Waals surface area contributed by atoms with Crippen molar-refractivity contribution in [2.75, 3.05) is 32.8 Å². The van der Waals surface area contributed by atoms with E-state index in [1.165, 1.54) is 0 Å². The van der Waals surface area contributed by atoms with Crippen LogP contribution in [0, 0.1) is 13.8 Å². The normalized spacial score (nSPS) is 15.4. The van der Waals surface area contributed by atoms with Crippen molar-refractivity contribution in [3.05, 3.63) is 46.3 Å². The van der Waals surface area contributed by atoms with Gasteiger partial charge >= 0.3 is 0 Å². The van der Waals surface area contributed by atoms with Crippen LogP contribution in [-0.4, -0.2) is 53.6 Å². The monoisotopic (exact) mass is 363 g/mol. The third-order valence-electron chi connectivity index (χ3n) is 4.45. The molecule has 0 N–H and O–H groups in total. The van der Waals surface area contributed by atoms with Crippen LogP contribution in [0.2, 0.25) is 5.02 Å². The quantitative estimate of drug-likeness (QED) is 0.817. The Morgan fingerprint density at radius 3 is 2.68 bits per heavy atom. The van der Waals surface area contributed by atoms with E-state index in [1.54, 1.807) is 24.3 Å². The number of aromatic nitrogens is 1. The topological polar surface area (TPSA) is 58.8 Å². The number of carbonyl (C=O) groups excluding carboxylic acids is 1. The van der Waals surface area contributed by atoms with E-state index in [4.69, 9.17) is 20.9 Å². The van der Waals surface area contributed by atoms with Crippen LogP contribution in [0.25, 0.3) is 0 Å². The first-order valence-electron chi connectivity index (χ1n) is 8.33. The summed E-state index contributed by atoms with van der Waals surface area (Å²) in [6.07, 6.45) is 0. The molecule has 1 saturated heterocycles. The first-order chi connectivity index (χ1) is 12.0. The highest BCUT2D eigenvalue weighted by atomic mass is 35.5. The number of halogens is 1. The Hall–Kier alpha value is -2.05. The fourth-order valence-electron chi connectivity index (χ4n) is 2.90. The van der Waals surface area contributed by atoms with E-state index >= 15 is 0 Å². The van der Waals surface area contributed by atoms with Gasteiger partial charge in [-0.2, -0.15) is 0 Å². The van der Waals surface area contributed by atoms with Crippen LogP contribution in [0.4, 0.5) is 0 Å². The van der Waals surface area contributed by atoms with Crippen molar-refractivity contribution in [1.29, 1.82) is 0 Å². The van der Waals surface area contributed by atoms with Crippen molar-refractivity contribution in [2.24, 2.45) is 0 Å². The standard InChI is InChI=1S/C18H22ClN3O3/c1-13-17(14(2)25-20-13)11-21-6-8-22(9-7-21)18(23)12-24-16-5-3-4-15(19)10-16/h3-5,10H,6-9,11-12H2,1-2H3. The molecule has 25 heavy (non-hydrogen) atoms. The van der Waals surface area contributed by atoms with Gasteiger partial charge in [-0.3, -0.25) is 9.69 Å². The molecule has 1 amide bonds. The number of ether oxygens (including phenoxy) is 1. The predicted molar refractivity (Wildman–Crippen MR) is 94.8 cm³/mol. The maximum Gasteiger partial charge on any atom is 0.260 e. The average Bonchev–Trinajstić information content (AvgIpc) is 2.92. The molecule has 0 saturated carbocycles. The van der Waals surface area contributed by atoms with Gasteiger partial charge < -0.3 is 14.2 Å². The van der Waals surface area contributed by atoms with Crippen LogP contribution in [0.15, 0.2) is 28.8 Å². The largest absolute Gasteiger partial charge is 0.484 e. The Balaban J connectivity index is 1.46. The van der Waals surface area contributed by atoms with E-state index in [1.807, 2.05) is 18.7 Å². The van der Waals surface area contributed by atoms with Crippen molar-refractivity contribution in [1.82, 2.24) is 15.0 Å². The lowest BCUT2D eigenvalue weighted by molar-refractivity contribution is -0.135. The van der Waals surface area contributed by atoms with Gasteiger partial charge in [-0.25, -0.2) is 0 Å². The average molecular weight is 364 g/mol. The number of carbonyl (C=O) groups is 1. The van der Waals surface area contributed by atoms with Gasteiger partial charge in [0, 0.05) is 43.3 Å². The molecule has 2 heterocycles. The highest BCUT2D eigenvalue weighted by Crippen LogP contribution is 2.18. The van der Waals surface area contributed by atoms with Gasteiger partial charge in [0.2, 0.25) is 0 Å². The highest BCUT2D eigenvalue weighted by Gasteiger charge is 2.23. The maximum absolute atomic E-state index is 12.3. The molecule has 6 nitrogen and oxygen atoms in total. The van der Waals surface area contributed by atoms with Gasteiger partial charge in [0.05, 0.1) is 5.69 Å². The number of aryl methyl sites for hydroxylation is 2. The molecule has 1 fully saturated rings. The molecule has 1 aromatic heterocycles. The molecule has 134 valence electrons. The highest BCUT2D eigenvalue weighted by molar-refractivity contribution is 6.30. The zero-order valence-electron chi connectivity index (χ0n) is 14.5. The fourth-order valence-corrected chi connectivity index (χ4v) is 3.08. The SMILES string of the molecule is Cc1noc(C)c1CN1CCN(C(=O)COc2cccc(Cl)c2)CC1. The zero-order valence-corrected chi connectivity index (χ0v) is 15.3. The second-order valence-electron chi connectivity index (χ2n) is 6.21. The first kappa shape index (κ1) is 17.8. The number of piperazine rings is 1. The molecule has 0 unspecified atom stereocenters. The molecule has 0 aliphatic carbocycles. The van der Waals surface area contributed by atoms with E-state index in [0.717, 1.165) is 36.7 Å². The fraction of sp³-hybridized carbons (Fsp3) is 0.444. The summed E-state index contributed by atoms with van der Waals surface area (Å²) >= 11 is 5.91. The third kappa shape index (κ3) is 4.52. The van der Waals surface area contributed by atoms with Crippen molar-refractivity contribution in [3.63, 3.8) is 0 Å². The summed E-state index contributed by atoms with van der Waals surface area (Å²) in [5.74, 6) is 1.47. The maximum atomic E-state index is 12.3. The van der Waals surface area contributed by atoms with Crippen LogP contribution >= 0.6 is 11.6 Å². The summed E-state index contributed by atoms with van der Waals surface area (Å²) in [6, 6.07) is 7.07. The van der Waals surface area contributed by atoms with Gasteiger partial charge in [-0.1, -0.05) is 22.8 Å². The Morgan fingerprint density at radius 2 is 2.04 bits per heavy atom. The number of rotatable bonds is 5. The lowest BCUT2D eigenvalue weighted by atomic mass is 10.2. The summed E-state index contributed by atoms with van der Waals surface area (Å²) in [5, 5.41) is 4.59. The molecule has 3 rings (SSSR count). The minimum Gasteiger partial charge on any atom is -0.484 e. The smallest absolute Gasteiger partial charge is 0.260 e. The van der Waals surface area contributed by atoms with Crippen molar-refractivity contribution in [3.8, 4) is 5.75 Å². The van der Waals surface area contributed by atoms with Crippen LogP contribution in [0.5, 0.6) is 5.75 Å². The minimum atomic E-state index is -0.00281. The van der Waals surface area contributed by atoms with Gasteiger partial charge in [0.1, 0.15) is 11.5 Å². The second-order valence-corrected chi connectivity index (χ2v) is 6.64. The molecule has 0 radical (unpaired) electrons. The Bertz CT molecular complexity index is 719. The molecule has 1 aliphatic rings. The van der Waals surface area contributed by atoms with E-state index < -0.39 is 0 Å². The number of hydrogen-bond acceptors (Lipinski definition) is 5. The lowest BCUT2D eigenvalue weighted by Gasteiger charge is -2.34. The van der Waals surface area contributed by atoms with E-state index in [2.05, 4.69) is 10.1 Å². The van der Waals surface area contributed by atoms with E-state index in [-0.39, 0.29) is 12.5 Å². The molecule has 2 aromatic rings. The summed E-state index contributed by atoms with van der Waals surface area (Å²) in [5.41, 5.74) is 2.08. The van der Waals surface area contributed by atoms with Crippen LogP contribution in [0.1, 0.15) is 17.0 Å². The summed E-state index contributed by atoms with van der Waals surface area (Å²) in [6.45, 7) is 7.77. The molecular formula is C18H22ClN3O3. The van der Waals surface area contributed by atoms with Gasteiger partial charge in [0.15, 0.2) is 6.61 Å². The van der Waals surface area contributed by atoms with Crippen LogP contribution in [0.3, 0.4) is 0 Å². The van der Waals surface area contributed by atoms with Crippen LogP contribution in [-0.2, 0) is 11.3 Å². The lowest BCUT2D eigenvalue weighted by Crippen LogP contribution is -2.49. The summed E-state index contributed by atoms with van der Waals surface area (Å²) in [4.78, 5) is 16.5. The molecule has 0 bridgehead atoms. The van der Waals surface area contributed by atoms with Crippen molar-refractivity contribution >= 4 is 17.5 Å². The molecule has 1 aliphatic heterocycles. The first-order valence-corrected chi connectivity index (χ1v) is 8.71. The Morgan fingerprint density at radius 1 is 1.28 bits per heavy atom. The Labute approximate surface area is 152 Å². The minimum absolute atomic E-state index is 0.00281. The number of hydrogen-bond donors (Lipinski definition) is 0. The molecule has 0 spiro atoms. The molecule has 0 atom stereocenters. The van der Waals surface area contributed by atoms with Gasteiger partial charge in [0.25, 0.3) is 5.91 Å². The number of amides is 1. The molecule has 1 aromatic carbocycles. The summed E-state index contributed by atoms with van der Waals surface area (Å²) in [7, 11) is 0. The molecular weight excluding hydrogens is 342 g/mol. The second kappa shape index (κ2) is 7.89. The van der Waals surface area contributed by atoms with Gasteiger partial charge in [-0.15, -0.1) is 0 Å². The van der Waals surface area contributed by atoms with Gasteiger partial charge in [-0.05, 0) is 32.0 Å². The van der Waals surface area contributed by atoms with E-state index in [0.29, 0.717) is 23.9 Å². The predicted octanol–water partition coefficient (Wildman–Crippen LogP) is 2.67. The Kier molecular flexibility index (Phi) is 5.60. The zero-order chi connectivity index (χ0) is 17.8. The van der Waals surface area contributed by atoms with Crippen LogP contribution < -0.4 is 4.74 Å². The third-order valence-corrected chi connectivity index (χ3v) is 4.68. The van der Waals surface area contributed by atoms with Crippen molar-refractivity contribution in [2.45, 2.75) is 20.4 Å². The van der Waals surface area contributed by atoms with Crippen molar-refractivity contribution < 1.29 is 14.1 Å². The summed E-state index contributed by atoms with van der Waals surface area (Å²) < 4.78 is 10.7. The number of nitrogens with zero attached hydrogens (tertiary/aromatic N) is 3.